The van der Waals surface area contributed by atoms with Gasteiger partial charge in [-0.1, -0.05) is 30.8 Å². The molecule has 1 aliphatic rings. The molecule has 0 spiro atoms. The topological polar surface area (TPSA) is 93.1 Å². The van der Waals surface area contributed by atoms with E-state index in [0.29, 0.717) is 34.2 Å². The van der Waals surface area contributed by atoms with Crippen LogP contribution in [0.15, 0.2) is 47.6 Å². The van der Waals surface area contributed by atoms with E-state index in [4.69, 9.17) is 9.47 Å². The number of carbonyl (C=O) groups excluding carboxylic acids is 2. The molecular formula is C26H27FN4O4S2. The monoisotopic (exact) mass is 542 g/mol. The number of aromatic nitrogens is 1. The lowest BCUT2D eigenvalue weighted by molar-refractivity contribution is 0.102. The maximum absolute atomic E-state index is 12.8. The molecular weight excluding hydrogens is 515 g/mol. The van der Waals surface area contributed by atoms with Gasteiger partial charge in [0, 0.05) is 11.3 Å². The molecule has 1 N–H and O–H groups in total. The number of hydrogen-bond acceptors (Lipinski definition) is 8. The number of halogens is 1. The number of amides is 2. The molecule has 0 saturated heterocycles. The average Bonchev–Trinajstić information content (AvgIpc) is 3.24. The van der Waals surface area contributed by atoms with Crippen LogP contribution in [0.4, 0.5) is 14.9 Å². The first-order valence-electron chi connectivity index (χ1n) is 11.6. The van der Waals surface area contributed by atoms with E-state index in [1.54, 1.807) is 30.3 Å². The third-order valence-electron chi connectivity index (χ3n) is 5.68. The lowest BCUT2D eigenvalue weighted by Gasteiger charge is -2.28. The highest BCUT2D eigenvalue weighted by atomic mass is 32.2. The van der Waals surface area contributed by atoms with Crippen molar-refractivity contribution < 1.29 is 23.5 Å². The molecule has 37 heavy (non-hydrogen) atoms. The Morgan fingerprint density at radius 1 is 1.16 bits per heavy atom. The quantitative estimate of drug-likeness (QED) is 0.347. The van der Waals surface area contributed by atoms with Gasteiger partial charge in [0.25, 0.3) is 5.91 Å². The van der Waals surface area contributed by atoms with Crippen molar-refractivity contribution in [3.63, 3.8) is 0 Å². The molecule has 0 aliphatic carbocycles. The molecule has 0 saturated carbocycles. The molecule has 194 valence electrons. The van der Waals surface area contributed by atoms with Crippen LogP contribution in [0.5, 0.6) is 11.5 Å². The number of benzene rings is 2. The number of alkyl halides is 1. The van der Waals surface area contributed by atoms with Crippen molar-refractivity contribution in [2.75, 3.05) is 19.3 Å². The lowest BCUT2D eigenvalue weighted by Crippen LogP contribution is -2.34. The van der Waals surface area contributed by atoms with Gasteiger partial charge >= 0.3 is 5.24 Å². The van der Waals surface area contributed by atoms with Crippen LogP contribution in [0.2, 0.25) is 0 Å². The number of anilines is 1. The van der Waals surface area contributed by atoms with Gasteiger partial charge in [-0.15, -0.1) is 11.3 Å². The molecule has 1 aromatic heterocycles. The van der Waals surface area contributed by atoms with Crippen molar-refractivity contribution in [1.29, 1.82) is 0 Å². The smallest absolute Gasteiger partial charge is 0.302 e. The highest BCUT2D eigenvalue weighted by molar-refractivity contribution is 8.14. The molecule has 3 aromatic rings. The number of nitrogens with one attached hydrogen (secondary N) is 1. The Hall–Kier alpha value is -3.44. The predicted molar refractivity (Wildman–Crippen MR) is 145 cm³/mol. The fraction of sp³-hybridized carbons (Fsp3) is 0.308. The minimum absolute atomic E-state index is 0.127. The summed E-state index contributed by atoms with van der Waals surface area (Å²) in [6, 6.07) is 12.5. The van der Waals surface area contributed by atoms with Gasteiger partial charge in [-0.2, -0.15) is 5.10 Å². The Labute approximate surface area is 222 Å². The van der Waals surface area contributed by atoms with Gasteiger partial charge in [-0.3, -0.25) is 9.59 Å². The minimum atomic E-state index is -0.959. The van der Waals surface area contributed by atoms with Crippen LogP contribution in [0, 0.1) is 13.8 Å². The number of nitrogens with zero attached hydrogens (tertiary/aromatic N) is 3. The number of thiazole rings is 1. The first kappa shape index (κ1) is 26.6. The summed E-state index contributed by atoms with van der Waals surface area (Å²) in [5.41, 5.74) is 3.72. The molecule has 2 aromatic carbocycles. The SMILES string of the molecule is CCC1SC(=O)N(Cc2ccc(NC(=O)c3sc(C)nc3C)cc2)N=C1c1ccc(OCF)c(OC)c1. The van der Waals surface area contributed by atoms with Gasteiger partial charge in [0.1, 0.15) is 4.88 Å². The van der Waals surface area contributed by atoms with Crippen LogP contribution in [-0.4, -0.2) is 46.1 Å². The summed E-state index contributed by atoms with van der Waals surface area (Å²) in [5.74, 6) is 0.491. The number of thioether (sulfide) groups is 1. The number of aryl methyl sites for hydroxylation is 2. The fourth-order valence-corrected chi connectivity index (χ4v) is 5.64. The van der Waals surface area contributed by atoms with Gasteiger partial charge in [0.2, 0.25) is 6.86 Å². The van der Waals surface area contributed by atoms with Gasteiger partial charge in [0.05, 0.1) is 35.3 Å². The standard InChI is InChI=1S/C26H27FN4O4S2/c1-5-22-23(18-8-11-20(35-14-27)21(12-18)34-4)30-31(26(33)37-22)13-17-6-9-19(10-7-17)29-25(32)24-15(2)28-16(3)36-24/h6-12,22H,5,13-14H2,1-4H3,(H,29,32). The Balaban J connectivity index is 1.52. The Morgan fingerprint density at radius 3 is 2.54 bits per heavy atom. The summed E-state index contributed by atoms with van der Waals surface area (Å²) in [6.45, 7) is 4.99. The third kappa shape index (κ3) is 6.11. The molecule has 0 radical (unpaired) electrons. The van der Waals surface area contributed by atoms with E-state index < -0.39 is 6.86 Å². The van der Waals surface area contributed by atoms with Crippen molar-refractivity contribution in [2.45, 2.75) is 39.0 Å². The van der Waals surface area contributed by atoms with Crippen LogP contribution >= 0.6 is 23.1 Å². The van der Waals surface area contributed by atoms with E-state index in [0.717, 1.165) is 21.8 Å². The average molecular weight is 543 g/mol. The summed E-state index contributed by atoms with van der Waals surface area (Å²) in [5, 5.41) is 9.58. The fourth-order valence-electron chi connectivity index (χ4n) is 3.90. The second kappa shape index (κ2) is 11.7. The zero-order chi connectivity index (χ0) is 26.5. The summed E-state index contributed by atoms with van der Waals surface area (Å²) in [4.78, 5) is 30.3. The first-order chi connectivity index (χ1) is 17.8. The molecule has 8 nitrogen and oxygen atoms in total. The van der Waals surface area contributed by atoms with E-state index in [2.05, 4.69) is 15.4 Å². The normalized spacial score (nSPS) is 15.4. The number of hydrogen-bond donors (Lipinski definition) is 1. The van der Waals surface area contributed by atoms with Gasteiger partial charge in [0.15, 0.2) is 11.5 Å². The first-order valence-corrected chi connectivity index (χ1v) is 13.3. The van der Waals surface area contributed by atoms with Gasteiger partial charge in [-0.25, -0.2) is 14.4 Å². The molecule has 2 heterocycles. The Bertz CT molecular complexity index is 1330. The van der Waals surface area contributed by atoms with Crippen molar-refractivity contribution in [3.05, 3.63) is 69.2 Å². The summed E-state index contributed by atoms with van der Waals surface area (Å²) < 4.78 is 23.0. The number of methoxy groups -OCH3 is 1. The molecule has 4 rings (SSSR count). The van der Waals surface area contributed by atoms with Crippen LogP contribution in [0.3, 0.4) is 0 Å². The summed E-state index contributed by atoms with van der Waals surface area (Å²) in [7, 11) is 1.49. The van der Waals surface area contributed by atoms with E-state index >= 15 is 0 Å². The number of ether oxygens (including phenoxy) is 2. The molecule has 0 fully saturated rings. The Kier molecular flexibility index (Phi) is 8.45. The van der Waals surface area contributed by atoms with Crippen LogP contribution < -0.4 is 14.8 Å². The van der Waals surface area contributed by atoms with Crippen molar-refractivity contribution in [3.8, 4) is 11.5 Å². The Morgan fingerprint density at radius 2 is 1.92 bits per heavy atom. The second-order valence-electron chi connectivity index (χ2n) is 8.24. The van der Waals surface area contributed by atoms with Crippen molar-refractivity contribution >= 4 is 45.6 Å². The molecule has 0 bridgehead atoms. The van der Waals surface area contributed by atoms with Crippen LogP contribution in [0.25, 0.3) is 0 Å². The van der Waals surface area contributed by atoms with Crippen LogP contribution in [0.1, 0.15) is 44.8 Å². The maximum Gasteiger partial charge on any atom is 0.302 e. The summed E-state index contributed by atoms with van der Waals surface area (Å²) in [6.07, 6.45) is 0.710. The third-order valence-corrected chi connectivity index (χ3v) is 8.01. The van der Waals surface area contributed by atoms with Crippen molar-refractivity contribution in [2.24, 2.45) is 5.10 Å². The largest absolute Gasteiger partial charge is 0.493 e. The van der Waals surface area contributed by atoms with E-state index in [-0.39, 0.29) is 22.9 Å². The highest BCUT2D eigenvalue weighted by Gasteiger charge is 2.30. The van der Waals surface area contributed by atoms with E-state index in [9.17, 15) is 14.0 Å². The molecule has 1 aliphatic heterocycles. The molecule has 2 amide bonds. The maximum atomic E-state index is 12.8. The van der Waals surface area contributed by atoms with Gasteiger partial charge in [-0.05, 0) is 56.2 Å². The van der Waals surface area contributed by atoms with E-state index in [1.165, 1.54) is 35.2 Å². The number of rotatable bonds is 9. The molecule has 11 heteroatoms. The number of carbonyl (C=O) groups is 2. The minimum Gasteiger partial charge on any atom is -0.493 e. The van der Waals surface area contributed by atoms with Crippen LogP contribution in [-0.2, 0) is 6.54 Å². The second-order valence-corrected chi connectivity index (χ2v) is 10.6. The molecule has 1 unspecified atom stereocenters. The van der Waals surface area contributed by atoms with Gasteiger partial charge < -0.3 is 14.8 Å². The zero-order valence-electron chi connectivity index (χ0n) is 20.9. The molecule has 1 atom stereocenters. The predicted octanol–water partition coefficient (Wildman–Crippen LogP) is 6.18. The van der Waals surface area contributed by atoms with Crippen molar-refractivity contribution in [1.82, 2.24) is 9.99 Å². The zero-order valence-corrected chi connectivity index (χ0v) is 22.5. The van der Waals surface area contributed by atoms with E-state index in [1.807, 2.05) is 32.9 Å². The highest BCUT2D eigenvalue weighted by Crippen LogP contribution is 2.34. The lowest BCUT2D eigenvalue weighted by atomic mass is 10.0. The summed E-state index contributed by atoms with van der Waals surface area (Å²) >= 11 is 2.58. The number of hydrazone groups is 1.